The Labute approximate surface area is 192 Å². The standard InChI is InChI=1S/C25H27NO7/c1-24-20(13-21(33-24)32-15-18-7-5-4-6-8-18)22(28)26(25(24,16-27)23(29)31-3)14-17-9-11-19(30-2)12-10-17/h4-12,16,20-21H,13-15H2,1-3H3/t20-,21+,24-,25-/m0/s1. The van der Waals surface area contributed by atoms with Gasteiger partial charge in [-0.15, -0.1) is 0 Å². The zero-order valence-electron chi connectivity index (χ0n) is 18.9. The van der Waals surface area contributed by atoms with Crippen molar-refractivity contribution in [3.63, 3.8) is 0 Å². The van der Waals surface area contributed by atoms with Crippen molar-refractivity contribution in [3.05, 3.63) is 65.7 Å². The van der Waals surface area contributed by atoms with Crippen molar-refractivity contribution in [1.82, 2.24) is 4.90 Å². The molecule has 0 aliphatic carbocycles. The number of likely N-dealkylation sites (tertiary alicyclic amines) is 1. The molecule has 2 fully saturated rings. The van der Waals surface area contributed by atoms with E-state index in [-0.39, 0.29) is 25.5 Å². The van der Waals surface area contributed by atoms with E-state index < -0.39 is 29.3 Å². The summed E-state index contributed by atoms with van der Waals surface area (Å²) in [6.07, 6.45) is -0.0375. The number of methoxy groups -OCH3 is 2. The van der Waals surface area contributed by atoms with Crippen molar-refractivity contribution in [2.75, 3.05) is 14.2 Å². The van der Waals surface area contributed by atoms with E-state index in [1.165, 1.54) is 12.0 Å². The van der Waals surface area contributed by atoms with E-state index in [1.54, 1.807) is 38.3 Å². The average Bonchev–Trinajstić information content (AvgIpc) is 3.27. The first-order chi connectivity index (χ1) is 15.9. The number of carbonyl (C=O) groups is 3. The first kappa shape index (κ1) is 22.9. The van der Waals surface area contributed by atoms with Crippen molar-refractivity contribution in [2.24, 2.45) is 5.92 Å². The van der Waals surface area contributed by atoms with E-state index in [2.05, 4.69) is 0 Å². The van der Waals surface area contributed by atoms with Crippen LogP contribution in [0, 0.1) is 5.92 Å². The smallest absolute Gasteiger partial charge is 0.342 e. The molecule has 0 unspecified atom stereocenters. The summed E-state index contributed by atoms with van der Waals surface area (Å²) < 4.78 is 22.2. The second-order valence-corrected chi connectivity index (χ2v) is 8.39. The van der Waals surface area contributed by atoms with E-state index in [4.69, 9.17) is 18.9 Å². The van der Waals surface area contributed by atoms with Gasteiger partial charge in [-0.05, 0) is 30.2 Å². The van der Waals surface area contributed by atoms with Crippen LogP contribution in [0.3, 0.4) is 0 Å². The topological polar surface area (TPSA) is 91.4 Å². The summed E-state index contributed by atoms with van der Waals surface area (Å²) in [5.74, 6) is -1.27. The number of nitrogens with zero attached hydrogens (tertiary/aromatic N) is 1. The summed E-state index contributed by atoms with van der Waals surface area (Å²) in [6, 6.07) is 16.6. The summed E-state index contributed by atoms with van der Waals surface area (Å²) >= 11 is 0. The van der Waals surface area contributed by atoms with E-state index >= 15 is 0 Å². The predicted molar refractivity (Wildman–Crippen MR) is 117 cm³/mol. The Hall–Kier alpha value is -3.23. The Bertz CT molecular complexity index is 1020. The molecule has 2 aromatic carbocycles. The first-order valence-electron chi connectivity index (χ1n) is 10.7. The van der Waals surface area contributed by atoms with Gasteiger partial charge in [0, 0.05) is 13.0 Å². The van der Waals surface area contributed by atoms with Gasteiger partial charge in [-0.25, -0.2) is 4.79 Å². The largest absolute Gasteiger partial charge is 0.497 e. The molecule has 8 nitrogen and oxygen atoms in total. The minimum absolute atomic E-state index is 0.0433. The third kappa shape index (κ3) is 3.69. The zero-order chi connectivity index (χ0) is 23.6. The van der Waals surface area contributed by atoms with Crippen molar-refractivity contribution in [2.45, 2.75) is 43.9 Å². The lowest BCUT2D eigenvalue weighted by Gasteiger charge is -2.40. The maximum atomic E-state index is 13.5. The Morgan fingerprint density at radius 2 is 1.82 bits per heavy atom. The van der Waals surface area contributed by atoms with Crippen molar-refractivity contribution in [1.29, 1.82) is 0 Å². The van der Waals surface area contributed by atoms with Gasteiger partial charge in [0.2, 0.25) is 11.4 Å². The van der Waals surface area contributed by atoms with Crippen LogP contribution in [0.5, 0.6) is 5.75 Å². The fourth-order valence-corrected chi connectivity index (χ4v) is 4.82. The normalized spacial score (nSPS) is 28.5. The Morgan fingerprint density at radius 1 is 1.12 bits per heavy atom. The van der Waals surface area contributed by atoms with Crippen molar-refractivity contribution in [3.8, 4) is 5.75 Å². The molecule has 0 spiro atoms. The Kier molecular flexibility index (Phi) is 6.23. The molecule has 2 aliphatic heterocycles. The lowest BCUT2D eigenvalue weighted by molar-refractivity contribution is -0.207. The van der Waals surface area contributed by atoms with Crippen LogP contribution in [0.1, 0.15) is 24.5 Å². The number of ether oxygens (including phenoxy) is 4. The average molecular weight is 453 g/mol. The maximum absolute atomic E-state index is 13.5. The number of hydrogen-bond acceptors (Lipinski definition) is 7. The van der Waals surface area contributed by atoms with Gasteiger partial charge in [-0.3, -0.25) is 9.59 Å². The van der Waals surface area contributed by atoms with E-state index in [0.29, 0.717) is 12.0 Å². The van der Waals surface area contributed by atoms with Crippen molar-refractivity contribution >= 4 is 18.2 Å². The molecular formula is C25H27NO7. The number of amides is 1. The number of benzene rings is 2. The molecule has 2 aromatic rings. The van der Waals surface area contributed by atoms with Gasteiger partial charge in [-0.2, -0.15) is 0 Å². The highest BCUT2D eigenvalue weighted by Crippen LogP contribution is 2.53. The van der Waals surface area contributed by atoms with Crippen molar-refractivity contribution < 1.29 is 33.3 Å². The molecule has 0 radical (unpaired) electrons. The number of esters is 1. The zero-order valence-corrected chi connectivity index (χ0v) is 18.9. The monoisotopic (exact) mass is 453 g/mol. The van der Waals surface area contributed by atoms with Crippen LogP contribution in [0.15, 0.2) is 54.6 Å². The Balaban J connectivity index is 1.62. The van der Waals surface area contributed by atoms with Gasteiger partial charge < -0.3 is 23.8 Å². The summed E-state index contributed by atoms with van der Waals surface area (Å²) in [4.78, 5) is 40.4. The van der Waals surface area contributed by atoms with Crippen LogP contribution in [0.25, 0.3) is 0 Å². The van der Waals surface area contributed by atoms with E-state index in [1.807, 2.05) is 30.3 Å². The van der Waals surface area contributed by atoms with E-state index in [9.17, 15) is 14.4 Å². The van der Waals surface area contributed by atoms with Crippen LogP contribution >= 0.6 is 0 Å². The number of rotatable bonds is 8. The van der Waals surface area contributed by atoms with Crippen LogP contribution in [-0.2, 0) is 41.7 Å². The van der Waals surface area contributed by atoms with Crippen LogP contribution in [0.2, 0.25) is 0 Å². The fourth-order valence-electron chi connectivity index (χ4n) is 4.82. The molecule has 2 heterocycles. The highest BCUT2D eigenvalue weighted by atomic mass is 16.7. The van der Waals surface area contributed by atoms with E-state index in [0.717, 1.165) is 11.1 Å². The van der Waals surface area contributed by atoms with Gasteiger partial charge in [-0.1, -0.05) is 42.5 Å². The van der Waals surface area contributed by atoms with Gasteiger partial charge in [0.1, 0.15) is 11.4 Å². The number of carbonyl (C=O) groups excluding carboxylic acids is 3. The molecule has 0 bridgehead atoms. The summed E-state index contributed by atoms with van der Waals surface area (Å²) in [7, 11) is 2.75. The lowest BCUT2D eigenvalue weighted by Crippen LogP contribution is -2.65. The third-order valence-electron chi connectivity index (χ3n) is 6.66. The molecule has 2 saturated heterocycles. The molecular weight excluding hydrogens is 426 g/mol. The molecule has 4 rings (SSSR count). The summed E-state index contributed by atoms with van der Waals surface area (Å²) in [6.45, 7) is 1.94. The molecule has 0 N–H and O–H groups in total. The second kappa shape index (κ2) is 8.96. The summed E-state index contributed by atoms with van der Waals surface area (Å²) in [5, 5.41) is 0. The quantitative estimate of drug-likeness (QED) is 0.345. The minimum atomic E-state index is -1.94. The molecule has 2 aliphatic rings. The molecule has 1 amide bonds. The molecule has 0 saturated carbocycles. The van der Waals surface area contributed by atoms with Gasteiger partial charge in [0.25, 0.3) is 0 Å². The predicted octanol–water partition coefficient (Wildman–Crippen LogP) is 2.49. The van der Waals surface area contributed by atoms with Gasteiger partial charge in [0.15, 0.2) is 12.6 Å². The van der Waals surface area contributed by atoms with Crippen LogP contribution in [-0.4, -0.2) is 54.7 Å². The molecule has 0 aromatic heterocycles. The number of aldehydes is 1. The maximum Gasteiger partial charge on any atom is 0.342 e. The summed E-state index contributed by atoms with van der Waals surface area (Å²) in [5.41, 5.74) is -1.69. The highest BCUT2D eigenvalue weighted by Gasteiger charge is 2.75. The number of hydrogen-bond donors (Lipinski definition) is 0. The van der Waals surface area contributed by atoms with Crippen LogP contribution < -0.4 is 4.74 Å². The molecule has 33 heavy (non-hydrogen) atoms. The number of fused-ring (bicyclic) bond motifs is 1. The Morgan fingerprint density at radius 3 is 2.42 bits per heavy atom. The SMILES string of the molecule is COC(=O)[C@]1(C=O)N(Cc2ccc(OC)cc2)C(=O)[C@@H]2C[C@H](OCc3ccccc3)O[C@@]21C. The molecule has 174 valence electrons. The minimum Gasteiger partial charge on any atom is -0.497 e. The van der Waals surface area contributed by atoms with Gasteiger partial charge >= 0.3 is 5.97 Å². The molecule has 8 heteroatoms. The fraction of sp³-hybridized carbons (Fsp3) is 0.400. The van der Waals surface area contributed by atoms with Crippen LogP contribution in [0.4, 0.5) is 0 Å². The first-order valence-corrected chi connectivity index (χ1v) is 10.7. The second-order valence-electron chi connectivity index (χ2n) is 8.39. The highest BCUT2D eigenvalue weighted by molar-refractivity contribution is 6.08. The third-order valence-corrected chi connectivity index (χ3v) is 6.66. The van der Waals surface area contributed by atoms with Gasteiger partial charge in [0.05, 0.1) is 26.7 Å². The lowest BCUT2D eigenvalue weighted by atomic mass is 9.77. The molecule has 4 atom stereocenters.